The summed E-state index contributed by atoms with van der Waals surface area (Å²) in [6, 6.07) is 0. The summed E-state index contributed by atoms with van der Waals surface area (Å²) in [7, 11) is 0. The third-order valence-electron chi connectivity index (χ3n) is 11.3. The van der Waals surface area contributed by atoms with Gasteiger partial charge < -0.3 is 14.6 Å². The molecule has 3 fully saturated rings. The SMILES string of the molecule is CC(C)CCC[C@@H](C)[C@H]1CCC2C3CC=C4C[C@@H](OCCOCNCC(=O)O)CC[C@]4(C)C3CC[C@@]21C. The van der Waals surface area contributed by atoms with E-state index in [0.29, 0.717) is 30.1 Å². The van der Waals surface area contributed by atoms with Crippen LogP contribution in [-0.2, 0) is 14.3 Å². The Bertz CT molecular complexity index is 796. The van der Waals surface area contributed by atoms with Crippen molar-refractivity contribution in [2.45, 2.75) is 111 Å². The molecule has 3 saturated carbocycles. The van der Waals surface area contributed by atoms with Crippen LogP contribution in [0.3, 0.4) is 0 Å². The van der Waals surface area contributed by atoms with Crippen molar-refractivity contribution in [1.82, 2.24) is 5.32 Å². The van der Waals surface area contributed by atoms with Crippen molar-refractivity contribution in [2.75, 3.05) is 26.5 Å². The van der Waals surface area contributed by atoms with Crippen LogP contribution >= 0.6 is 0 Å². The Morgan fingerprint density at radius 1 is 1.08 bits per heavy atom. The molecule has 0 bridgehead atoms. The molecule has 0 aliphatic heterocycles. The number of carboxylic acid groups (broad SMARTS) is 1. The number of hydrogen-bond donors (Lipinski definition) is 2. The number of carbonyl (C=O) groups is 1. The predicted molar refractivity (Wildman–Crippen MR) is 149 cm³/mol. The topological polar surface area (TPSA) is 67.8 Å². The van der Waals surface area contributed by atoms with Crippen LogP contribution in [-0.4, -0.2) is 43.7 Å². The van der Waals surface area contributed by atoms with Crippen LogP contribution < -0.4 is 5.32 Å². The van der Waals surface area contributed by atoms with E-state index in [4.69, 9.17) is 14.6 Å². The molecule has 5 nitrogen and oxygen atoms in total. The van der Waals surface area contributed by atoms with Gasteiger partial charge in [-0.25, -0.2) is 0 Å². The minimum atomic E-state index is -0.866. The zero-order valence-corrected chi connectivity index (χ0v) is 24.4. The minimum absolute atomic E-state index is 0.0730. The summed E-state index contributed by atoms with van der Waals surface area (Å²) in [6.07, 6.45) is 17.7. The fourth-order valence-electron chi connectivity index (χ4n) is 9.37. The molecule has 0 aromatic carbocycles. The number of aliphatic carboxylic acids is 1. The van der Waals surface area contributed by atoms with Gasteiger partial charge in [-0.15, -0.1) is 0 Å². The van der Waals surface area contributed by atoms with Gasteiger partial charge in [0.15, 0.2) is 0 Å². The molecule has 212 valence electrons. The van der Waals surface area contributed by atoms with E-state index in [0.717, 1.165) is 48.3 Å². The van der Waals surface area contributed by atoms with Crippen LogP contribution in [0, 0.1) is 46.3 Å². The summed E-state index contributed by atoms with van der Waals surface area (Å²) in [6.45, 7) is 13.8. The summed E-state index contributed by atoms with van der Waals surface area (Å²) >= 11 is 0. The molecule has 0 saturated heterocycles. The van der Waals surface area contributed by atoms with Gasteiger partial charge in [-0.05, 0) is 97.7 Å². The lowest BCUT2D eigenvalue weighted by molar-refractivity contribution is -0.136. The van der Waals surface area contributed by atoms with Gasteiger partial charge in [0.25, 0.3) is 0 Å². The number of ether oxygens (including phenoxy) is 2. The maximum atomic E-state index is 10.5. The summed E-state index contributed by atoms with van der Waals surface area (Å²) in [5, 5.41) is 11.4. The van der Waals surface area contributed by atoms with Crippen LogP contribution in [0.25, 0.3) is 0 Å². The van der Waals surface area contributed by atoms with Crippen molar-refractivity contribution < 1.29 is 19.4 Å². The van der Waals surface area contributed by atoms with Crippen molar-refractivity contribution >= 4 is 5.97 Å². The average molecular weight is 518 g/mol. The molecule has 37 heavy (non-hydrogen) atoms. The van der Waals surface area contributed by atoms with Gasteiger partial charge in [-0.2, -0.15) is 0 Å². The molecule has 0 spiro atoms. The lowest BCUT2D eigenvalue weighted by Crippen LogP contribution is -2.51. The van der Waals surface area contributed by atoms with Gasteiger partial charge in [0, 0.05) is 0 Å². The van der Waals surface area contributed by atoms with E-state index >= 15 is 0 Å². The number of carboxylic acids is 1. The predicted octanol–water partition coefficient (Wildman–Crippen LogP) is 7.06. The summed E-state index contributed by atoms with van der Waals surface area (Å²) in [5.41, 5.74) is 2.59. The van der Waals surface area contributed by atoms with E-state index < -0.39 is 5.97 Å². The Morgan fingerprint density at radius 3 is 2.65 bits per heavy atom. The van der Waals surface area contributed by atoms with Gasteiger partial charge in [0.05, 0.1) is 32.6 Å². The zero-order chi connectivity index (χ0) is 26.6. The molecule has 2 N–H and O–H groups in total. The standard InChI is InChI=1S/C32H55NO4/c1-22(2)7-6-8-23(3)27-11-12-28-26-10-9-24-19-25(37-18-17-36-21-33-20-30(34)35)13-15-31(24,4)29(26)14-16-32(27,28)5/h9,22-23,25-29,33H,6-8,10-21H2,1-5H3,(H,34,35)/t23-,25+,26?,27-,28?,29?,31+,32-/m1/s1. The molecule has 0 amide bonds. The lowest BCUT2D eigenvalue weighted by Gasteiger charge is -2.58. The van der Waals surface area contributed by atoms with Crippen LogP contribution in [0.15, 0.2) is 11.6 Å². The Labute approximate surface area is 226 Å². The second-order valence-electron chi connectivity index (χ2n) is 13.9. The van der Waals surface area contributed by atoms with Crippen molar-refractivity contribution in [2.24, 2.45) is 46.3 Å². The van der Waals surface area contributed by atoms with Gasteiger partial charge in [-0.1, -0.05) is 65.5 Å². The van der Waals surface area contributed by atoms with Crippen LogP contribution in [0.5, 0.6) is 0 Å². The monoisotopic (exact) mass is 517 g/mol. The van der Waals surface area contributed by atoms with Gasteiger partial charge >= 0.3 is 5.97 Å². The van der Waals surface area contributed by atoms with E-state index in [9.17, 15) is 4.79 Å². The fourth-order valence-corrected chi connectivity index (χ4v) is 9.37. The minimum Gasteiger partial charge on any atom is -0.480 e. The molecule has 8 atom stereocenters. The van der Waals surface area contributed by atoms with E-state index in [1.807, 2.05) is 0 Å². The molecule has 0 radical (unpaired) electrons. The lowest BCUT2D eigenvalue weighted by atomic mass is 9.47. The number of hydrogen-bond acceptors (Lipinski definition) is 4. The Balaban J connectivity index is 1.30. The highest BCUT2D eigenvalue weighted by atomic mass is 16.5. The van der Waals surface area contributed by atoms with Crippen molar-refractivity contribution in [3.63, 3.8) is 0 Å². The molecular formula is C32H55NO4. The van der Waals surface area contributed by atoms with Crippen LogP contribution in [0.4, 0.5) is 0 Å². The Morgan fingerprint density at radius 2 is 1.89 bits per heavy atom. The highest BCUT2D eigenvalue weighted by Gasteiger charge is 2.59. The Hall–Kier alpha value is -0.910. The summed E-state index contributed by atoms with van der Waals surface area (Å²) in [5.74, 6) is 4.42. The van der Waals surface area contributed by atoms with E-state index in [1.165, 1.54) is 57.8 Å². The van der Waals surface area contributed by atoms with Crippen LogP contribution in [0.1, 0.15) is 105 Å². The van der Waals surface area contributed by atoms with Crippen molar-refractivity contribution in [1.29, 1.82) is 0 Å². The highest BCUT2D eigenvalue weighted by Crippen LogP contribution is 2.67. The molecule has 0 aromatic rings. The quantitative estimate of drug-likeness (QED) is 0.155. The first kappa shape index (κ1) is 29.1. The summed E-state index contributed by atoms with van der Waals surface area (Å²) < 4.78 is 11.7. The largest absolute Gasteiger partial charge is 0.480 e. The Kier molecular flexibility index (Phi) is 9.83. The average Bonchev–Trinajstić information content (AvgIpc) is 3.20. The molecule has 0 aromatic heterocycles. The highest BCUT2D eigenvalue weighted by molar-refractivity contribution is 5.68. The molecule has 4 aliphatic carbocycles. The smallest absolute Gasteiger partial charge is 0.317 e. The molecule has 4 rings (SSSR count). The number of nitrogens with one attached hydrogen (secondary N) is 1. The maximum Gasteiger partial charge on any atom is 0.317 e. The first-order chi connectivity index (χ1) is 17.6. The normalized spacial score (nSPS) is 38.0. The zero-order valence-electron chi connectivity index (χ0n) is 24.4. The number of rotatable bonds is 13. The molecular weight excluding hydrogens is 462 g/mol. The maximum absolute atomic E-state index is 10.5. The molecule has 5 heteroatoms. The third-order valence-corrected chi connectivity index (χ3v) is 11.3. The van der Waals surface area contributed by atoms with E-state index in [-0.39, 0.29) is 13.3 Å². The van der Waals surface area contributed by atoms with Gasteiger partial charge in [0.2, 0.25) is 0 Å². The fraction of sp³-hybridized carbons (Fsp3) is 0.906. The summed E-state index contributed by atoms with van der Waals surface area (Å²) in [4.78, 5) is 10.5. The van der Waals surface area contributed by atoms with Crippen molar-refractivity contribution in [3.05, 3.63) is 11.6 Å². The second kappa shape index (κ2) is 12.5. The second-order valence-corrected chi connectivity index (χ2v) is 13.9. The molecule has 0 heterocycles. The molecule has 4 aliphatic rings. The van der Waals surface area contributed by atoms with Gasteiger partial charge in [0.1, 0.15) is 0 Å². The van der Waals surface area contributed by atoms with E-state index in [1.54, 1.807) is 5.57 Å². The van der Waals surface area contributed by atoms with E-state index in [2.05, 4.69) is 46.0 Å². The number of allylic oxidation sites excluding steroid dienone is 1. The van der Waals surface area contributed by atoms with Crippen molar-refractivity contribution in [3.8, 4) is 0 Å². The van der Waals surface area contributed by atoms with Gasteiger partial charge in [-0.3, -0.25) is 10.1 Å². The first-order valence-corrected chi connectivity index (χ1v) is 15.5. The first-order valence-electron chi connectivity index (χ1n) is 15.5. The third kappa shape index (κ3) is 6.47. The number of fused-ring (bicyclic) bond motifs is 5. The molecule has 3 unspecified atom stereocenters. The van der Waals surface area contributed by atoms with Crippen LogP contribution in [0.2, 0.25) is 0 Å².